The SMILES string of the molecule is CCCC/C=C/CCCCCCCCCCCC(=O)O[C@H](COC(=O)CCC/C=C/C/C=C/C/C=C/C/C=C/CCCCC)CO[C@H]1O[C@H](CS(=O)(=O)O)[C@@H](O)C(O)C1O. The summed E-state index contributed by atoms with van der Waals surface area (Å²) in [6.45, 7) is 3.65. The molecule has 0 aromatic carbocycles. The van der Waals surface area contributed by atoms with Crippen LogP contribution in [0.5, 0.6) is 0 Å². The van der Waals surface area contributed by atoms with Crippen molar-refractivity contribution < 1.29 is 56.8 Å². The second-order valence-corrected chi connectivity index (χ2v) is 17.2. The minimum Gasteiger partial charge on any atom is -0.462 e. The second-order valence-electron chi connectivity index (χ2n) is 15.7. The molecular weight excluding hydrogens is 789 g/mol. The first kappa shape index (κ1) is 55.4. The van der Waals surface area contributed by atoms with Crippen molar-refractivity contribution in [3.8, 4) is 0 Å². The van der Waals surface area contributed by atoms with Gasteiger partial charge in [-0.1, -0.05) is 145 Å². The Morgan fingerprint density at radius 1 is 0.567 bits per heavy atom. The third kappa shape index (κ3) is 31.2. The maximum atomic E-state index is 12.8. The topological polar surface area (TPSA) is 186 Å². The molecule has 1 rings (SSSR count). The van der Waals surface area contributed by atoms with Crippen LogP contribution in [0.1, 0.15) is 168 Å². The van der Waals surface area contributed by atoms with Crippen LogP contribution in [0.4, 0.5) is 0 Å². The monoisotopic (exact) mass is 869 g/mol. The molecule has 1 aliphatic rings. The average molecular weight is 869 g/mol. The predicted octanol–water partition coefficient (Wildman–Crippen LogP) is 9.34. The van der Waals surface area contributed by atoms with E-state index in [-0.39, 0.29) is 19.4 Å². The van der Waals surface area contributed by atoms with Gasteiger partial charge in [0.1, 0.15) is 36.8 Å². The molecule has 0 bridgehead atoms. The van der Waals surface area contributed by atoms with E-state index in [1.165, 1.54) is 64.2 Å². The van der Waals surface area contributed by atoms with E-state index in [0.29, 0.717) is 19.3 Å². The van der Waals surface area contributed by atoms with Crippen molar-refractivity contribution >= 4 is 22.1 Å². The highest BCUT2D eigenvalue weighted by Gasteiger charge is 2.46. The Labute approximate surface area is 362 Å². The molecule has 1 aliphatic heterocycles. The summed E-state index contributed by atoms with van der Waals surface area (Å²) >= 11 is 0. The largest absolute Gasteiger partial charge is 0.462 e. The molecule has 0 amide bonds. The van der Waals surface area contributed by atoms with Crippen LogP contribution in [0, 0.1) is 0 Å². The third-order valence-corrected chi connectivity index (χ3v) is 10.8. The van der Waals surface area contributed by atoms with Crippen LogP contribution < -0.4 is 0 Å². The van der Waals surface area contributed by atoms with Crippen LogP contribution in [0.15, 0.2) is 60.8 Å². The zero-order valence-electron chi connectivity index (χ0n) is 36.8. The number of allylic oxidation sites excluding steroid dienone is 10. The molecule has 1 fully saturated rings. The number of unbranched alkanes of at least 4 members (excludes halogenated alkanes) is 15. The van der Waals surface area contributed by atoms with Crippen molar-refractivity contribution in [1.82, 2.24) is 0 Å². The molecule has 0 spiro atoms. The lowest BCUT2D eigenvalue weighted by Crippen LogP contribution is -2.60. The summed E-state index contributed by atoms with van der Waals surface area (Å²) in [7, 11) is -4.61. The van der Waals surface area contributed by atoms with Gasteiger partial charge in [0.25, 0.3) is 10.1 Å². The van der Waals surface area contributed by atoms with Crippen molar-refractivity contribution in [2.45, 2.75) is 205 Å². The molecule has 0 aliphatic carbocycles. The number of aliphatic hydroxyl groups is 3. The van der Waals surface area contributed by atoms with Crippen LogP contribution in [0.2, 0.25) is 0 Å². The van der Waals surface area contributed by atoms with E-state index in [1.807, 2.05) is 12.2 Å². The maximum Gasteiger partial charge on any atom is 0.306 e. The van der Waals surface area contributed by atoms with Gasteiger partial charge in [-0.3, -0.25) is 14.1 Å². The van der Waals surface area contributed by atoms with Gasteiger partial charge in [0.15, 0.2) is 12.4 Å². The minimum atomic E-state index is -4.61. The number of esters is 2. The van der Waals surface area contributed by atoms with Gasteiger partial charge in [-0.05, 0) is 70.6 Å². The molecule has 1 heterocycles. The van der Waals surface area contributed by atoms with Crippen molar-refractivity contribution in [2.75, 3.05) is 19.0 Å². The summed E-state index contributed by atoms with van der Waals surface area (Å²) in [5, 5.41) is 30.9. The zero-order valence-corrected chi connectivity index (χ0v) is 37.6. The lowest BCUT2D eigenvalue weighted by atomic mass is 10.00. The van der Waals surface area contributed by atoms with Gasteiger partial charge in [0, 0.05) is 12.8 Å². The molecule has 13 heteroatoms. The minimum absolute atomic E-state index is 0.141. The number of ether oxygens (including phenoxy) is 4. The van der Waals surface area contributed by atoms with Crippen molar-refractivity contribution in [1.29, 1.82) is 0 Å². The molecule has 6 atom stereocenters. The second kappa shape index (κ2) is 37.0. The van der Waals surface area contributed by atoms with E-state index in [1.54, 1.807) is 0 Å². The van der Waals surface area contributed by atoms with Gasteiger partial charge in [-0.15, -0.1) is 0 Å². The molecular formula is C47H80O12S. The summed E-state index contributed by atoms with van der Waals surface area (Å²) < 4.78 is 54.0. The lowest BCUT2D eigenvalue weighted by molar-refractivity contribution is -0.297. The van der Waals surface area contributed by atoms with Crippen LogP contribution in [0.3, 0.4) is 0 Å². The highest BCUT2D eigenvalue weighted by atomic mass is 32.2. The summed E-state index contributed by atoms with van der Waals surface area (Å²) in [6, 6.07) is 0. The van der Waals surface area contributed by atoms with Gasteiger partial charge in [0.05, 0.1) is 6.61 Å². The van der Waals surface area contributed by atoms with Crippen LogP contribution in [0.25, 0.3) is 0 Å². The van der Waals surface area contributed by atoms with Gasteiger partial charge in [0.2, 0.25) is 0 Å². The quantitative estimate of drug-likeness (QED) is 0.0201. The number of hydrogen-bond donors (Lipinski definition) is 4. The Kier molecular flexibility index (Phi) is 34.1. The molecule has 60 heavy (non-hydrogen) atoms. The Balaban J connectivity index is 2.49. The molecule has 12 nitrogen and oxygen atoms in total. The Hall–Kier alpha value is -2.65. The van der Waals surface area contributed by atoms with Crippen LogP contribution >= 0.6 is 0 Å². The van der Waals surface area contributed by atoms with Gasteiger partial charge in [-0.25, -0.2) is 0 Å². The first-order valence-corrected chi connectivity index (χ1v) is 24.5. The van der Waals surface area contributed by atoms with Gasteiger partial charge in [-0.2, -0.15) is 8.42 Å². The van der Waals surface area contributed by atoms with E-state index in [2.05, 4.69) is 62.5 Å². The normalized spacial score (nSPS) is 20.7. The Bertz CT molecular complexity index is 1340. The summed E-state index contributed by atoms with van der Waals surface area (Å²) in [5.41, 5.74) is 0. The molecule has 1 saturated heterocycles. The summed E-state index contributed by atoms with van der Waals surface area (Å²) in [4.78, 5) is 25.4. The number of carbonyl (C=O) groups excluding carboxylic acids is 2. The van der Waals surface area contributed by atoms with Crippen LogP contribution in [-0.4, -0.2) is 96.0 Å². The first-order chi connectivity index (χ1) is 29.0. The van der Waals surface area contributed by atoms with Crippen molar-refractivity contribution in [3.63, 3.8) is 0 Å². The molecule has 0 aromatic rings. The molecule has 0 saturated carbocycles. The predicted molar refractivity (Wildman–Crippen MR) is 238 cm³/mol. The highest BCUT2D eigenvalue weighted by molar-refractivity contribution is 7.85. The Morgan fingerprint density at radius 2 is 1.03 bits per heavy atom. The highest BCUT2D eigenvalue weighted by Crippen LogP contribution is 2.24. The van der Waals surface area contributed by atoms with Gasteiger partial charge >= 0.3 is 11.9 Å². The lowest BCUT2D eigenvalue weighted by Gasteiger charge is -2.40. The van der Waals surface area contributed by atoms with E-state index < -0.39 is 71.2 Å². The fourth-order valence-corrected chi connectivity index (χ4v) is 7.16. The number of hydrogen-bond acceptors (Lipinski definition) is 11. The first-order valence-electron chi connectivity index (χ1n) is 22.8. The number of aliphatic hydroxyl groups excluding tert-OH is 3. The number of rotatable bonds is 37. The van der Waals surface area contributed by atoms with Crippen molar-refractivity contribution in [3.05, 3.63) is 60.8 Å². The van der Waals surface area contributed by atoms with Gasteiger partial charge < -0.3 is 34.3 Å². The summed E-state index contributed by atoms with van der Waals surface area (Å²) in [5.74, 6) is -2.06. The fraction of sp³-hybridized carbons (Fsp3) is 0.745. The van der Waals surface area contributed by atoms with Crippen LogP contribution in [-0.2, 0) is 38.7 Å². The average Bonchev–Trinajstić information content (AvgIpc) is 3.21. The number of carbonyl (C=O) groups is 2. The summed E-state index contributed by atoms with van der Waals surface area (Å²) in [6.07, 6.45) is 35.5. The van der Waals surface area contributed by atoms with E-state index >= 15 is 0 Å². The zero-order chi connectivity index (χ0) is 44.1. The fourth-order valence-electron chi connectivity index (χ4n) is 6.47. The van der Waals surface area contributed by atoms with E-state index in [0.717, 1.165) is 57.8 Å². The van der Waals surface area contributed by atoms with E-state index in [9.17, 15) is 37.9 Å². The maximum absolute atomic E-state index is 12.8. The molecule has 4 N–H and O–H groups in total. The molecule has 346 valence electrons. The van der Waals surface area contributed by atoms with E-state index in [4.69, 9.17) is 18.9 Å². The molecule has 2 unspecified atom stereocenters. The van der Waals surface area contributed by atoms with Crippen molar-refractivity contribution in [2.24, 2.45) is 0 Å². The Morgan fingerprint density at radius 3 is 1.60 bits per heavy atom. The molecule has 0 radical (unpaired) electrons. The molecule has 0 aromatic heterocycles. The third-order valence-electron chi connectivity index (χ3n) is 10.1. The standard InChI is InChI=1S/C47H80O12S/c1-3-5-7-9-11-13-15-17-19-20-22-23-25-27-29-31-33-35-42(48)56-37-40(38-57-47-46(52)45(51)44(50)41(59-47)39-60(53,54)55)58-43(49)36-34-32-30-28-26-24-21-18-16-14-12-10-8-6-4-2/h10-13,17,19,22-23,27,29,40-41,44-47,50-52H,3-9,14-16,18,20-21,24-26,28,30-39H2,1-2H3,(H,53,54,55)/b12-10+,13-11+,19-17+,23-22+,29-27+/t40-,41-,44-,45?,46?,47+/m1/s1. The smallest absolute Gasteiger partial charge is 0.306 e.